The predicted molar refractivity (Wildman–Crippen MR) is 121 cm³/mol. The Bertz CT molecular complexity index is 729. The van der Waals surface area contributed by atoms with Crippen molar-refractivity contribution in [2.24, 2.45) is 10.9 Å². The molecule has 4 heteroatoms. The van der Waals surface area contributed by atoms with Gasteiger partial charge in [-0.15, -0.1) is 0 Å². The highest BCUT2D eigenvalue weighted by atomic mass is 16.5. The molecule has 0 radical (unpaired) electrons. The molecule has 1 atom stereocenters. The zero-order valence-electron chi connectivity index (χ0n) is 18.3. The van der Waals surface area contributed by atoms with Crippen LogP contribution in [0.25, 0.3) is 0 Å². The van der Waals surface area contributed by atoms with Gasteiger partial charge >= 0.3 is 0 Å². The largest absolute Gasteiger partial charge is 0.497 e. The van der Waals surface area contributed by atoms with Gasteiger partial charge in [0.15, 0.2) is 0 Å². The summed E-state index contributed by atoms with van der Waals surface area (Å²) >= 11 is 0. The Kier molecular flexibility index (Phi) is 10.1. The van der Waals surface area contributed by atoms with Crippen LogP contribution in [0.3, 0.4) is 0 Å². The number of benzene rings is 1. The van der Waals surface area contributed by atoms with E-state index in [2.05, 4.69) is 50.1 Å². The second-order valence-electron chi connectivity index (χ2n) is 7.33. The molecule has 0 aromatic heterocycles. The van der Waals surface area contributed by atoms with Gasteiger partial charge in [0.2, 0.25) is 5.90 Å². The van der Waals surface area contributed by atoms with Crippen LogP contribution in [0.2, 0.25) is 0 Å². The predicted octanol–water partition coefficient (Wildman–Crippen LogP) is 6.09. The lowest BCUT2D eigenvalue weighted by molar-refractivity contribution is 0.222. The van der Waals surface area contributed by atoms with E-state index in [1.807, 2.05) is 24.3 Å². The molecule has 29 heavy (non-hydrogen) atoms. The van der Waals surface area contributed by atoms with Crippen molar-refractivity contribution in [2.75, 3.05) is 26.9 Å². The van der Waals surface area contributed by atoms with Gasteiger partial charge in [0.05, 0.1) is 20.3 Å². The fourth-order valence-electron chi connectivity index (χ4n) is 2.89. The summed E-state index contributed by atoms with van der Waals surface area (Å²) in [4.78, 5) is 4.66. The fraction of sp³-hybridized carbons (Fsp3) is 0.480. The number of nitrogens with zero attached hydrogens (tertiary/aromatic N) is 1. The second-order valence-corrected chi connectivity index (χ2v) is 7.33. The summed E-state index contributed by atoms with van der Waals surface area (Å²) < 4.78 is 17.0. The Morgan fingerprint density at radius 2 is 1.93 bits per heavy atom. The van der Waals surface area contributed by atoms with Crippen molar-refractivity contribution < 1.29 is 14.2 Å². The summed E-state index contributed by atoms with van der Waals surface area (Å²) in [5, 5.41) is 0. The standard InChI is InChI=1S/C25H35NO3/c1-5-18-29-25(22-12-15-23(27-4)16-13-22)26-17-8-19-28-24-10-7-6-9-20(2)21(3)11-14-24/h7,10-16,20H,5-6,8-9,17-19H2,1-4H3/b10-7+,21-11+,24-14+,26-25?. The van der Waals surface area contributed by atoms with Crippen LogP contribution >= 0.6 is 0 Å². The minimum Gasteiger partial charge on any atom is -0.497 e. The molecule has 1 aliphatic carbocycles. The molecule has 0 fully saturated rings. The first kappa shape index (κ1) is 22.8. The molecule has 4 nitrogen and oxygen atoms in total. The van der Waals surface area contributed by atoms with E-state index < -0.39 is 0 Å². The van der Waals surface area contributed by atoms with E-state index >= 15 is 0 Å². The Hall–Kier alpha value is -2.49. The van der Waals surface area contributed by atoms with Gasteiger partial charge in [0.1, 0.15) is 11.5 Å². The topological polar surface area (TPSA) is 40.0 Å². The Morgan fingerprint density at radius 1 is 1.14 bits per heavy atom. The van der Waals surface area contributed by atoms with Crippen molar-refractivity contribution in [3.63, 3.8) is 0 Å². The molecule has 1 unspecified atom stereocenters. The zero-order valence-corrected chi connectivity index (χ0v) is 18.3. The molecule has 1 aliphatic rings. The summed E-state index contributed by atoms with van der Waals surface area (Å²) in [7, 11) is 1.66. The van der Waals surface area contributed by atoms with Crippen molar-refractivity contribution in [2.45, 2.75) is 46.5 Å². The normalized spacial score (nSPS) is 22.2. The molecule has 158 valence electrons. The van der Waals surface area contributed by atoms with Crippen molar-refractivity contribution in [1.29, 1.82) is 0 Å². The van der Waals surface area contributed by atoms with Gasteiger partial charge < -0.3 is 14.2 Å². The Labute approximate surface area is 176 Å². The number of methoxy groups -OCH3 is 1. The number of rotatable bonds is 9. The summed E-state index contributed by atoms with van der Waals surface area (Å²) in [6, 6.07) is 7.81. The minimum absolute atomic E-state index is 0.615. The number of aliphatic imine (C=N–C) groups is 1. The third kappa shape index (κ3) is 8.18. The monoisotopic (exact) mass is 397 g/mol. The van der Waals surface area contributed by atoms with E-state index in [9.17, 15) is 0 Å². The highest BCUT2D eigenvalue weighted by Gasteiger charge is 2.06. The first-order chi connectivity index (χ1) is 14.1. The average molecular weight is 398 g/mol. The zero-order chi connectivity index (χ0) is 20.9. The summed E-state index contributed by atoms with van der Waals surface area (Å²) in [5.41, 5.74) is 2.37. The van der Waals surface area contributed by atoms with Crippen LogP contribution in [-0.4, -0.2) is 32.8 Å². The first-order valence-corrected chi connectivity index (χ1v) is 10.6. The van der Waals surface area contributed by atoms with E-state index in [-0.39, 0.29) is 0 Å². The number of ether oxygens (including phenoxy) is 3. The van der Waals surface area contributed by atoms with Crippen molar-refractivity contribution >= 4 is 5.90 Å². The molecule has 0 heterocycles. The van der Waals surface area contributed by atoms with Crippen LogP contribution < -0.4 is 4.74 Å². The molecule has 0 amide bonds. The number of hydrogen-bond acceptors (Lipinski definition) is 4. The molecule has 0 spiro atoms. The van der Waals surface area contributed by atoms with Crippen LogP contribution in [0.15, 0.2) is 64.9 Å². The molecule has 0 saturated heterocycles. The Balaban J connectivity index is 1.90. The maximum Gasteiger partial charge on any atom is 0.216 e. The van der Waals surface area contributed by atoms with Gasteiger partial charge in [-0.25, -0.2) is 0 Å². The van der Waals surface area contributed by atoms with E-state index in [0.29, 0.717) is 31.6 Å². The summed E-state index contributed by atoms with van der Waals surface area (Å²) in [6.07, 6.45) is 12.6. The van der Waals surface area contributed by atoms with Crippen LogP contribution in [0.5, 0.6) is 5.75 Å². The van der Waals surface area contributed by atoms with Gasteiger partial charge in [0, 0.05) is 18.5 Å². The van der Waals surface area contributed by atoms with E-state index in [1.165, 1.54) is 12.0 Å². The summed E-state index contributed by atoms with van der Waals surface area (Å²) in [5.74, 6) is 3.04. The fourth-order valence-corrected chi connectivity index (χ4v) is 2.89. The summed E-state index contributed by atoms with van der Waals surface area (Å²) in [6.45, 7) is 8.51. The van der Waals surface area contributed by atoms with E-state index in [1.54, 1.807) is 7.11 Å². The van der Waals surface area contributed by atoms with Crippen LogP contribution in [0.4, 0.5) is 0 Å². The maximum absolute atomic E-state index is 5.96. The molecule has 2 rings (SSSR count). The average Bonchev–Trinajstić information content (AvgIpc) is 2.82. The van der Waals surface area contributed by atoms with Crippen LogP contribution in [-0.2, 0) is 9.47 Å². The highest BCUT2D eigenvalue weighted by Crippen LogP contribution is 2.19. The molecular weight excluding hydrogens is 362 g/mol. The third-order valence-electron chi connectivity index (χ3n) is 4.94. The lowest BCUT2D eigenvalue weighted by Gasteiger charge is -2.10. The van der Waals surface area contributed by atoms with E-state index in [0.717, 1.165) is 36.3 Å². The van der Waals surface area contributed by atoms with Gasteiger partial charge in [-0.05, 0) is 68.5 Å². The molecule has 1 aromatic rings. The molecule has 0 bridgehead atoms. The molecule has 0 aliphatic heterocycles. The molecule has 0 saturated carbocycles. The number of hydrogen-bond donors (Lipinski definition) is 0. The smallest absolute Gasteiger partial charge is 0.216 e. The second kappa shape index (κ2) is 12.9. The quantitative estimate of drug-likeness (QED) is 0.287. The van der Waals surface area contributed by atoms with Crippen LogP contribution in [0, 0.1) is 5.92 Å². The van der Waals surface area contributed by atoms with Gasteiger partial charge in [0.25, 0.3) is 0 Å². The van der Waals surface area contributed by atoms with Crippen molar-refractivity contribution in [3.8, 4) is 5.75 Å². The van der Waals surface area contributed by atoms with Crippen molar-refractivity contribution in [3.05, 3.63) is 65.5 Å². The van der Waals surface area contributed by atoms with Crippen molar-refractivity contribution in [1.82, 2.24) is 0 Å². The third-order valence-corrected chi connectivity index (χ3v) is 4.94. The molecular formula is C25H35NO3. The lowest BCUT2D eigenvalue weighted by Crippen LogP contribution is -2.09. The molecule has 1 aromatic carbocycles. The Morgan fingerprint density at radius 3 is 2.66 bits per heavy atom. The highest BCUT2D eigenvalue weighted by molar-refractivity contribution is 5.94. The SMILES string of the molecule is CCCOC(=NCCCOC1=C/C=C(\C)C(C)CC\C=C\1)c1ccc(OC)cc1. The first-order valence-electron chi connectivity index (χ1n) is 10.6. The molecule has 0 N–H and O–H groups in total. The van der Waals surface area contributed by atoms with Gasteiger partial charge in [-0.1, -0.05) is 31.6 Å². The van der Waals surface area contributed by atoms with E-state index in [4.69, 9.17) is 14.2 Å². The van der Waals surface area contributed by atoms with Gasteiger partial charge in [-0.3, -0.25) is 4.99 Å². The number of allylic oxidation sites excluding steroid dienone is 5. The minimum atomic E-state index is 0.615. The van der Waals surface area contributed by atoms with Crippen LogP contribution in [0.1, 0.15) is 52.0 Å². The lowest BCUT2D eigenvalue weighted by atomic mass is 9.97. The maximum atomic E-state index is 5.96. The van der Waals surface area contributed by atoms with Gasteiger partial charge in [-0.2, -0.15) is 0 Å².